The van der Waals surface area contributed by atoms with E-state index in [-0.39, 0.29) is 41.1 Å². The first-order valence-corrected chi connectivity index (χ1v) is 14.3. The van der Waals surface area contributed by atoms with Crippen LogP contribution in [-0.4, -0.2) is 73.7 Å². The summed E-state index contributed by atoms with van der Waals surface area (Å²) in [5.41, 5.74) is -2.71. The highest BCUT2D eigenvalue weighted by Crippen LogP contribution is 2.39. The van der Waals surface area contributed by atoms with Gasteiger partial charge in [-0.3, -0.25) is 14.6 Å². The van der Waals surface area contributed by atoms with Gasteiger partial charge < -0.3 is 20.6 Å². The highest BCUT2D eigenvalue weighted by Gasteiger charge is 2.46. The van der Waals surface area contributed by atoms with Crippen molar-refractivity contribution in [2.75, 3.05) is 11.9 Å². The van der Waals surface area contributed by atoms with E-state index in [1.165, 1.54) is 20.8 Å². The molecule has 3 aliphatic rings. The van der Waals surface area contributed by atoms with Gasteiger partial charge in [-0.2, -0.15) is 13.2 Å². The molecule has 1 unspecified atom stereocenters. The number of carbonyl (C=O) groups is 2. The van der Waals surface area contributed by atoms with Crippen LogP contribution in [0.15, 0.2) is 17.3 Å². The zero-order chi connectivity index (χ0) is 29.4. The number of hydrogen-bond donors (Lipinski definition) is 3. The Morgan fingerprint density at radius 1 is 1.18 bits per heavy atom. The minimum absolute atomic E-state index is 0.0119. The molecule has 2 amide bonds. The molecule has 0 radical (unpaired) electrons. The van der Waals surface area contributed by atoms with Gasteiger partial charge in [0.25, 0.3) is 11.8 Å². The van der Waals surface area contributed by atoms with Crippen LogP contribution in [0.1, 0.15) is 83.8 Å². The molecule has 3 heterocycles. The highest BCUT2D eigenvalue weighted by molar-refractivity contribution is 7.81. The topological polar surface area (TPSA) is 107 Å². The number of hydrogen-bond acceptors (Lipinski definition) is 7. The van der Waals surface area contributed by atoms with E-state index in [1.807, 2.05) is 6.92 Å². The van der Waals surface area contributed by atoms with Crippen molar-refractivity contribution in [2.24, 2.45) is 10.9 Å². The van der Waals surface area contributed by atoms with E-state index >= 15 is 0 Å². The maximum Gasteiger partial charge on any atom is 0.417 e. The standard InChI is InChI=1S/C28H38F3N5O3S/c1-15(17-6-5-7-17)34-22-12-21(28(29,30)31)20(13-32-22)24(40)23(26(38)36-18-8-9-19(36)11-10-18)35-16(2)25(37)33-14-27(3,4)39/h12-13,15,17-19,23,39H,5-11,14H2,1-4H3,(H,32,34)(H,33,37)/b35-16+/t15-,18?,19?,23?/m0/s1. The summed E-state index contributed by atoms with van der Waals surface area (Å²) < 4.78 is 43.0. The van der Waals surface area contributed by atoms with Gasteiger partial charge in [-0.15, -0.1) is 0 Å². The second kappa shape index (κ2) is 11.7. The number of aliphatic imine (C=N–C) groups is 1. The molecular weight excluding hydrogens is 543 g/mol. The SMILES string of the molecule is C/C(=N\C(C(=O)N1C2CCC1CC2)C(=S)c1cnc(N[C@@H](C)C2CCC2)cc1C(F)(F)F)C(=O)NCC(C)(C)O. The fourth-order valence-electron chi connectivity index (χ4n) is 5.72. The number of pyridine rings is 1. The van der Waals surface area contributed by atoms with Gasteiger partial charge in [0.15, 0.2) is 6.04 Å². The summed E-state index contributed by atoms with van der Waals surface area (Å²) in [7, 11) is 0. The first-order valence-electron chi connectivity index (χ1n) is 13.9. The van der Waals surface area contributed by atoms with Gasteiger partial charge in [0.1, 0.15) is 5.82 Å². The molecule has 220 valence electrons. The molecule has 0 aromatic carbocycles. The summed E-state index contributed by atoms with van der Waals surface area (Å²) in [5, 5.41) is 15.6. The summed E-state index contributed by atoms with van der Waals surface area (Å²) in [6, 6.07) is -0.622. The lowest BCUT2D eigenvalue weighted by molar-refractivity contribution is -0.138. The molecule has 1 aliphatic carbocycles. The second-order valence-electron chi connectivity index (χ2n) is 11.9. The number of alkyl halides is 3. The Kier molecular flexibility index (Phi) is 8.89. The predicted octanol–water partition coefficient (Wildman–Crippen LogP) is 4.29. The number of thiocarbonyl (C=S) groups is 1. The molecule has 1 aromatic rings. The molecule has 0 spiro atoms. The summed E-state index contributed by atoms with van der Waals surface area (Å²) >= 11 is 5.55. The van der Waals surface area contributed by atoms with E-state index in [0.717, 1.165) is 57.2 Å². The van der Waals surface area contributed by atoms with Crippen molar-refractivity contribution >= 4 is 40.4 Å². The highest BCUT2D eigenvalue weighted by atomic mass is 32.1. The zero-order valence-electron chi connectivity index (χ0n) is 23.3. The molecule has 1 aromatic heterocycles. The van der Waals surface area contributed by atoms with Crippen molar-refractivity contribution < 1.29 is 27.9 Å². The monoisotopic (exact) mass is 581 g/mol. The molecule has 2 aliphatic heterocycles. The molecule has 2 bridgehead atoms. The summed E-state index contributed by atoms with van der Waals surface area (Å²) in [6.07, 6.45) is 2.71. The zero-order valence-corrected chi connectivity index (χ0v) is 24.2. The van der Waals surface area contributed by atoms with Crippen molar-refractivity contribution in [3.05, 3.63) is 23.4 Å². The van der Waals surface area contributed by atoms with E-state index < -0.39 is 40.8 Å². The van der Waals surface area contributed by atoms with Crippen molar-refractivity contribution in [1.82, 2.24) is 15.2 Å². The number of halogens is 3. The molecule has 4 rings (SSSR count). The Balaban J connectivity index is 1.67. The number of nitrogens with one attached hydrogen (secondary N) is 2. The maximum atomic E-state index is 14.3. The molecule has 3 N–H and O–H groups in total. The van der Waals surface area contributed by atoms with Crippen molar-refractivity contribution in [2.45, 2.75) is 109 Å². The largest absolute Gasteiger partial charge is 0.417 e. The summed E-state index contributed by atoms with van der Waals surface area (Å²) in [4.78, 5) is 36.4. The van der Waals surface area contributed by atoms with Crippen LogP contribution < -0.4 is 10.6 Å². The van der Waals surface area contributed by atoms with Crippen molar-refractivity contribution in [3.63, 3.8) is 0 Å². The number of aromatic nitrogens is 1. The molecule has 1 saturated carbocycles. The molecule has 12 heteroatoms. The summed E-state index contributed by atoms with van der Waals surface area (Å²) in [5.74, 6) is -0.677. The third-order valence-electron chi connectivity index (χ3n) is 8.23. The maximum absolute atomic E-state index is 14.3. The first kappa shape index (κ1) is 30.4. The number of aliphatic hydroxyl groups is 1. The van der Waals surface area contributed by atoms with Crippen LogP contribution in [0.2, 0.25) is 0 Å². The molecule has 2 saturated heterocycles. The first-order chi connectivity index (χ1) is 18.7. The minimum Gasteiger partial charge on any atom is -0.389 e. The van der Waals surface area contributed by atoms with Gasteiger partial charge >= 0.3 is 6.18 Å². The normalized spacial score (nSPS) is 23.0. The van der Waals surface area contributed by atoms with Crippen LogP contribution in [0, 0.1) is 5.92 Å². The number of nitrogens with zero attached hydrogens (tertiary/aromatic N) is 3. The fraction of sp³-hybridized carbons (Fsp3) is 0.679. The van der Waals surface area contributed by atoms with Crippen LogP contribution in [0.5, 0.6) is 0 Å². The molecule has 40 heavy (non-hydrogen) atoms. The molecule has 8 nitrogen and oxygen atoms in total. The molecule has 2 atom stereocenters. The summed E-state index contributed by atoms with van der Waals surface area (Å²) in [6.45, 7) is 6.26. The van der Waals surface area contributed by atoms with Crippen LogP contribution in [-0.2, 0) is 15.8 Å². The fourth-order valence-corrected chi connectivity index (χ4v) is 6.04. The van der Waals surface area contributed by atoms with Gasteiger partial charge in [0, 0.05) is 36.4 Å². The van der Waals surface area contributed by atoms with E-state index in [4.69, 9.17) is 12.2 Å². The Labute approximate surface area is 238 Å². The number of anilines is 1. The third-order valence-corrected chi connectivity index (χ3v) is 8.67. The van der Waals surface area contributed by atoms with Crippen LogP contribution in [0.3, 0.4) is 0 Å². The van der Waals surface area contributed by atoms with E-state index in [0.29, 0.717) is 5.92 Å². The average molecular weight is 582 g/mol. The Morgan fingerprint density at radius 2 is 1.77 bits per heavy atom. The lowest BCUT2D eigenvalue weighted by Gasteiger charge is -2.32. The van der Waals surface area contributed by atoms with Crippen LogP contribution >= 0.6 is 12.2 Å². The number of carbonyl (C=O) groups excluding carboxylic acids is 2. The Bertz CT molecular complexity index is 1160. The predicted molar refractivity (Wildman–Crippen MR) is 150 cm³/mol. The lowest BCUT2D eigenvalue weighted by Crippen LogP contribution is -2.46. The Morgan fingerprint density at radius 3 is 2.27 bits per heavy atom. The minimum atomic E-state index is -4.76. The second-order valence-corrected chi connectivity index (χ2v) is 12.4. The number of fused-ring (bicyclic) bond motifs is 2. The van der Waals surface area contributed by atoms with Crippen molar-refractivity contribution in [1.29, 1.82) is 0 Å². The lowest BCUT2D eigenvalue weighted by atomic mass is 9.80. The smallest absolute Gasteiger partial charge is 0.389 e. The molecular formula is C28H38F3N5O3S. The molecule has 3 fully saturated rings. The Hall–Kier alpha value is -2.60. The van der Waals surface area contributed by atoms with Crippen LogP contribution in [0.25, 0.3) is 0 Å². The van der Waals surface area contributed by atoms with Gasteiger partial charge in [0.2, 0.25) is 0 Å². The van der Waals surface area contributed by atoms with E-state index in [9.17, 15) is 27.9 Å². The number of rotatable bonds is 10. The number of amides is 2. The van der Waals surface area contributed by atoms with Crippen LogP contribution in [0.4, 0.5) is 19.0 Å². The van der Waals surface area contributed by atoms with Crippen molar-refractivity contribution in [3.8, 4) is 0 Å². The van der Waals surface area contributed by atoms with E-state index in [2.05, 4.69) is 20.6 Å². The van der Waals surface area contributed by atoms with Gasteiger partial charge in [-0.25, -0.2) is 4.98 Å². The van der Waals surface area contributed by atoms with E-state index in [1.54, 1.807) is 4.90 Å². The van der Waals surface area contributed by atoms with Gasteiger partial charge in [-0.05, 0) is 78.2 Å². The third kappa shape index (κ3) is 6.82. The quantitative estimate of drug-likeness (QED) is 0.216. The van der Waals surface area contributed by atoms with Gasteiger partial charge in [-0.1, -0.05) is 18.6 Å². The average Bonchev–Trinajstić information content (AvgIpc) is 3.43. The van der Waals surface area contributed by atoms with Gasteiger partial charge in [0.05, 0.1) is 21.7 Å².